The molecule has 0 spiro atoms. The smallest absolute Gasteiger partial charge is 0.371 e. The number of nitrogens with zero attached hydrogens (tertiary/aromatic N) is 1. The van der Waals surface area contributed by atoms with E-state index < -0.39 is 46.5 Å². The van der Waals surface area contributed by atoms with E-state index in [2.05, 4.69) is 23.6 Å². The molecule has 0 aromatic carbocycles. The van der Waals surface area contributed by atoms with Crippen LogP contribution in [0.2, 0.25) is 0 Å². The van der Waals surface area contributed by atoms with Crippen molar-refractivity contribution in [2.75, 3.05) is 12.4 Å². The molecule has 0 aliphatic carbocycles. The number of nitrogens with one attached hydrogen (secondary N) is 2. The van der Waals surface area contributed by atoms with Crippen molar-refractivity contribution in [2.24, 2.45) is 0 Å². The molecule has 1 atom stereocenters. The molecule has 0 fully saturated rings. The summed E-state index contributed by atoms with van der Waals surface area (Å²) in [4.78, 5) is 0. The highest BCUT2D eigenvalue weighted by atomic mass is 19.4. The molecule has 2 N–H and O–H groups in total. The van der Waals surface area contributed by atoms with Crippen LogP contribution >= 0.6 is 0 Å². The van der Waals surface area contributed by atoms with E-state index in [4.69, 9.17) is 0 Å². The van der Waals surface area contributed by atoms with E-state index in [0.29, 0.717) is 0 Å². The summed E-state index contributed by atoms with van der Waals surface area (Å²) in [6.07, 6.45) is -9.79. The monoisotopic (exact) mass is 357 g/mol. The molecule has 0 amide bonds. The van der Waals surface area contributed by atoms with E-state index in [1.165, 1.54) is 7.05 Å². The van der Waals surface area contributed by atoms with Crippen molar-refractivity contribution in [1.29, 1.82) is 0 Å². The number of hydrogen-bond acceptors (Lipinski definition) is 2. The van der Waals surface area contributed by atoms with Gasteiger partial charge in [-0.3, -0.25) is 5.10 Å². The van der Waals surface area contributed by atoms with E-state index in [0.717, 1.165) is 6.92 Å². The second kappa shape index (κ2) is 6.70. The molecule has 134 valence electrons. The number of rotatable bonds is 5. The van der Waals surface area contributed by atoms with Crippen LogP contribution in [0.25, 0.3) is 0 Å². The fraction of sp³-hybridized carbons (Fsp3) is 0.357. The molecular weight excluding hydrogens is 343 g/mol. The van der Waals surface area contributed by atoms with Gasteiger partial charge in [-0.25, -0.2) is 4.39 Å². The Hall–Kier alpha value is -2.26. The van der Waals surface area contributed by atoms with Crippen LogP contribution in [0.15, 0.2) is 36.2 Å². The van der Waals surface area contributed by atoms with E-state index in [1.54, 1.807) is 5.10 Å². The topological polar surface area (TPSA) is 40.7 Å². The summed E-state index contributed by atoms with van der Waals surface area (Å²) in [6, 6.07) is 0. The van der Waals surface area contributed by atoms with Crippen LogP contribution in [-0.4, -0.2) is 23.4 Å². The molecule has 1 heterocycles. The molecule has 1 aromatic heterocycles. The zero-order valence-corrected chi connectivity index (χ0v) is 12.7. The van der Waals surface area contributed by atoms with Gasteiger partial charge in [0.05, 0.1) is 5.57 Å². The minimum absolute atomic E-state index is 0.0885. The highest BCUT2D eigenvalue weighted by Gasteiger charge is 2.42. The Balaban J connectivity index is 3.46. The van der Waals surface area contributed by atoms with Gasteiger partial charge in [0.1, 0.15) is 11.5 Å². The highest BCUT2D eigenvalue weighted by Crippen LogP contribution is 2.43. The maximum atomic E-state index is 13.1. The molecule has 0 bridgehead atoms. The van der Waals surface area contributed by atoms with Crippen molar-refractivity contribution in [3.05, 3.63) is 47.5 Å². The molecule has 0 aliphatic rings. The Morgan fingerprint density at radius 1 is 1.21 bits per heavy atom. The predicted octanol–water partition coefficient (Wildman–Crippen LogP) is 5.10. The minimum Gasteiger partial charge on any atom is -0.371 e. The Morgan fingerprint density at radius 3 is 2.12 bits per heavy atom. The highest BCUT2D eigenvalue weighted by molar-refractivity contribution is 5.55. The number of halogens is 7. The predicted molar refractivity (Wildman–Crippen MR) is 75.1 cm³/mol. The first-order valence-corrected chi connectivity index (χ1v) is 6.46. The summed E-state index contributed by atoms with van der Waals surface area (Å²) in [6.45, 7) is 6.99. The average Bonchev–Trinajstić information content (AvgIpc) is 2.85. The standard InChI is InChI=1S/C14H14F7N3/c1-6(15)5-9(13(16,17)18)7(2)8(3)10-11(14(19,20)21)23-24-12(10)22-4/h5,8H,1-2H2,3-4H3,(H2,22,23,24). The third-order valence-corrected chi connectivity index (χ3v) is 3.23. The van der Waals surface area contributed by atoms with E-state index in [9.17, 15) is 30.7 Å². The first-order chi connectivity index (χ1) is 10.8. The summed E-state index contributed by atoms with van der Waals surface area (Å²) in [5.41, 5.74) is -4.10. The molecule has 0 saturated carbocycles. The lowest BCUT2D eigenvalue weighted by molar-refractivity contribution is -0.141. The summed E-state index contributed by atoms with van der Waals surface area (Å²) in [7, 11) is 1.26. The van der Waals surface area contributed by atoms with Crippen molar-refractivity contribution < 1.29 is 30.7 Å². The second-order valence-electron chi connectivity index (χ2n) is 4.86. The SMILES string of the molecule is C=C(F)C=C(C(=C)C(C)c1c(NC)n[nH]c1C(F)(F)F)C(F)(F)F. The van der Waals surface area contributed by atoms with Crippen molar-refractivity contribution in [3.8, 4) is 0 Å². The van der Waals surface area contributed by atoms with Gasteiger partial charge in [0, 0.05) is 18.5 Å². The fourth-order valence-corrected chi connectivity index (χ4v) is 2.10. The number of aromatic amines is 1. The fourth-order valence-electron chi connectivity index (χ4n) is 2.10. The van der Waals surface area contributed by atoms with Gasteiger partial charge in [-0.1, -0.05) is 20.1 Å². The maximum absolute atomic E-state index is 13.1. The molecule has 24 heavy (non-hydrogen) atoms. The van der Waals surface area contributed by atoms with Crippen LogP contribution in [0.3, 0.4) is 0 Å². The molecule has 0 radical (unpaired) electrons. The third-order valence-electron chi connectivity index (χ3n) is 3.23. The van der Waals surface area contributed by atoms with Gasteiger partial charge >= 0.3 is 12.4 Å². The first kappa shape index (κ1) is 19.8. The maximum Gasteiger partial charge on any atom is 0.433 e. The molecule has 1 unspecified atom stereocenters. The number of anilines is 1. The van der Waals surface area contributed by atoms with Crippen LogP contribution in [0, 0.1) is 0 Å². The lowest BCUT2D eigenvalue weighted by atomic mass is 9.87. The molecule has 0 aliphatic heterocycles. The van der Waals surface area contributed by atoms with E-state index in [-0.39, 0.29) is 11.9 Å². The normalized spacial score (nSPS) is 14.5. The van der Waals surface area contributed by atoms with E-state index in [1.807, 2.05) is 0 Å². The number of hydrogen-bond donors (Lipinski definition) is 2. The molecule has 1 aromatic rings. The van der Waals surface area contributed by atoms with Gasteiger partial charge in [-0.15, -0.1) is 0 Å². The molecule has 3 nitrogen and oxygen atoms in total. The van der Waals surface area contributed by atoms with Gasteiger partial charge in [0.25, 0.3) is 0 Å². The van der Waals surface area contributed by atoms with Crippen LogP contribution in [0.4, 0.5) is 36.6 Å². The van der Waals surface area contributed by atoms with Crippen molar-refractivity contribution >= 4 is 5.82 Å². The van der Waals surface area contributed by atoms with Crippen LogP contribution in [0.5, 0.6) is 0 Å². The average molecular weight is 357 g/mol. The molecule has 0 saturated heterocycles. The lowest BCUT2D eigenvalue weighted by Gasteiger charge is -2.21. The Labute approximate surface area is 132 Å². The summed E-state index contributed by atoms with van der Waals surface area (Å²) < 4.78 is 91.1. The molecule has 10 heteroatoms. The van der Waals surface area contributed by atoms with E-state index >= 15 is 0 Å². The van der Waals surface area contributed by atoms with Crippen molar-refractivity contribution in [2.45, 2.75) is 25.2 Å². The Bertz CT molecular complexity index is 665. The van der Waals surface area contributed by atoms with Gasteiger partial charge in [-0.05, 0) is 11.6 Å². The zero-order valence-electron chi connectivity index (χ0n) is 12.7. The van der Waals surface area contributed by atoms with Crippen molar-refractivity contribution in [3.63, 3.8) is 0 Å². The van der Waals surface area contributed by atoms with Crippen LogP contribution < -0.4 is 5.32 Å². The molecule has 1 rings (SSSR count). The zero-order chi connectivity index (χ0) is 18.9. The quantitative estimate of drug-likeness (QED) is 0.568. The van der Waals surface area contributed by atoms with Gasteiger partial charge in [0.2, 0.25) is 0 Å². The lowest BCUT2D eigenvalue weighted by Crippen LogP contribution is -2.18. The van der Waals surface area contributed by atoms with Crippen LogP contribution in [0.1, 0.15) is 24.1 Å². The number of aromatic nitrogens is 2. The van der Waals surface area contributed by atoms with Gasteiger partial charge in [-0.2, -0.15) is 31.4 Å². The second-order valence-corrected chi connectivity index (χ2v) is 4.86. The number of H-pyrrole nitrogens is 1. The summed E-state index contributed by atoms with van der Waals surface area (Å²) >= 11 is 0. The third kappa shape index (κ3) is 4.18. The first-order valence-electron chi connectivity index (χ1n) is 6.46. The Kier molecular flexibility index (Phi) is 5.52. The Morgan fingerprint density at radius 2 is 1.75 bits per heavy atom. The van der Waals surface area contributed by atoms with Crippen LogP contribution in [-0.2, 0) is 6.18 Å². The number of allylic oxidation sites excluding steroid dienone is 4. The van der Waals surface area contributed by atoms with Crippen molar-refractivity contribution in [1.82, 2.24) is 10.2 Å². The van der Waals surface area contributed by atoms with Gasteiger partial charge in [0.15, 0.2) is 5.82 Å². The summed E-state index contributed by atoms with van der Waals surface area (Å²) in [5.74, 6) is -3.13. The largest absolute Gasteiger partial charge is 0.433 e. The van der Waals surface area contributed by atoms with Gasteiger partial charge < -0.3 is 5.32 Å². The minimum atomic E-state index is -5.01. The summed E-state index contributed by atoms with van der Waals surface area (Å²) in [5, 5.41) is 7.51. The number of alkyl halides is 6. The molecular formula is C14H14F7N3.